The third kappa shape index (κ3) is 3.55. The first kappa shape index (κ1) is 17.9. The van der Waals surface area contributed by atoms with Crippen LogP contribution in [0.4, 0.5) is 5.95 Å². The van der Waals surface area contributed by atoms with Gasteiger partial charge in [-0.3, -0.25) is 9.48 Å². The molecule has 0 unspecified atom stereocenters. The van der Waals surface area contributed by atoms with Crippen LogP contribution in [0.15, 0.2) is 12.3 Å². The SMILES string of the molecule is Cc1nn(C)c(C)c1-c1ccnc(NC[C@@H]2CC(=O)N(C3CCCC3)C2)n1. The minimum atomic E-state index is 0.310. The van der Waals surface area contributed by atoms with Crippen molar-refractivity contribution < 1.29 is 4.79 Å². The van der Waals surface area contributed by atoms with Crippen molar-refractivity contribution in [3.63, 3.8) is 0 Å². The summed E-state index contributed by atoms with van der Waals surface area (Å²) in [5.41, 5.74) is 4.00. The van der Waals surface area contributed by atoms with Crippen molar-refractivity contribution >= 4 is 11.9 Å². The number of nitrogens with one attached hydrogen (secondary N) is 1. The van der Waals surface area contributed by atoms with Crippen LogP contribution in [0, 0.1) is 19.8 Å². The second-order valence-electron chi connectivity index (χ2n) is 7.87. The number of hydrogen-bond acceptors (Lipinski definition) is 5. The molecule has 1 aliphatic heterocycles. The number of nitrogens with zero attached hydrogens (tertiary/aromatic N) is 5. The van der Waals surface area contributed by atoms with Crippen molar-refractivity contribution in [2.24, 2.45) is 13.0 Å². The Morgan fingerprint density at radius 3 is 2.74 bits per heavy atom. The zero-order valence-corrected chi connectivity index (χ0v) is 16.4. The molecule has 2 aromatic heterocycles. The normalized spacial score (nSPS) is 20.6. The number of carbonyl (C=O) groups excluding carboxylic acids is 1. The Morgan fingerprint density at radius 2 is 2.04 bits per heavy atom. The zero-order chi connectivity index (χ0) is 19.0. The molecule has 2 fully saturated rings. The Morgan fingerprint density at radius 1 is 1.26 bits per heavy atom. The van der Waals surface area contributed by atoms with Crippen LogP contribution in [0.1, 0.15) is 43.5 Å². The van der Waals surface area contributed by atoms with Crippen molar-refractivity contribution in [3.8, 4) is 11.3 Å². The Hall–Kier alpha value is -2.44. The van der Waals surface area contributed by atoms with E-state index in [0.29, 0.717) is 30.2 Å². The molecule has 2 aromatic rings. The number of carbonyl (C=O) groups is 1. The van der Waals surface area contributed by atoms with Crippen LogP contribution in [-0.2, 0) is 11.8 Å². The van der Waals surface area contributed by atoms with Crippen molar-refractivity contribution in [1.82, 2.24) is 24.6 Å². The lowest BCUT2D eigenvalue weighted by Crippen LogP contribution is -2.34. The summed E-state index contributed by atoms with van der Waals surface area (Å²) in [5.74, 6) is 1.25. The molecule has 27 heavy (non-hydrogen) atoms. The maximum absolute atomic E-state index is 12.4. The molecule has 7 heteroatoms. The molecule has 0 aromatic carbocycles. The largest absolute Gasteiger partial charge is 0.354 e. The second kappa shape index (κ2) is 7.29. The summed E-state index contributed by atoms with van der Waals surface area (Å²) in [6, 6.07) is 2.39. The minimum Gasteiger partial charge on any atom is -0.354 e. The van der Waals surface area contributed by atoms with Crippen molar-refractivity contribution in [1.29, 1.82) is 0 Å². The summed E-state index contributed by atoms with van der Waals surface area (Å²) in [7, 11) is 1.94. The fraction of sp³-hybridized carbons (Fsp3) is 0.600. The highest BCUT2D eigenvalue weighted by atomic mass is 16.2. The summed E-state index contributed by atoms with van der Waals surface area (Å²) in [6.07, 6.45) is 7.25. The lowest BCUT2D eigenvalue weighted by atomic mass is 10.1. The van der Waals surface area contributed by atoms with Gasteiger partial charge >= 0.3 is 0 Å². The van der Waals surface area contributed by atoms with E-state index in [2.05, 4.69) is 25.3 Å². The summed E-state index contributed by atoms with van der Waals surface area (Å²) < 4.78 is 1.88. The van der Waals surface area contributed by atoms with Gasteiger partial charge in [-0.25, -0.2) is 9.97 Å². The second-order valence-corrected chi connectivity index (χ2v) is 7.87. The van der Waals surface area contributed by atoms with Crippen molar-refractivity contribution in [3.05, 3.63) is 23.7 Å². The van der Waals surface area contributed by atoms with Crippen LogP contribution in [0.3, 0.4) is 0 Å². The highest BCUT2D eigenvalue weighted by Crippen LogP contribution is 2.30. The van der Waals surface area contributed by atoms with Gasteiger partial charge in [-0.05, 0) is 32.8 Å². The van der Waals surface area contributed by atoms with Crippen LogP contribution in [-0.4, -0.2) is 49.7 Å². The Balaban J connectivity index is 1.41. The summed E-state index contributed by atoms with van der Waals surface area (Å²) in [4.78, 5) is 23.5. The molecule has 0 spiro atoms. The number of aromatic nitrogens is 4. The van der Waals surface area contributed by atoms with Gasteiger partial charge in [0.25, 0.3) is 0 Å². The van der Waals surface area contributed by atoms with Crippen LogP contribution in [0.5, 0.6) is 0 Å². The Kier molecular flexibility index (Phi) is 4.85. The van der Waals surface area contributed by atoms with Gasteiger partial charge in [-0.15, -0.1) is 0 Å². The first-order valence-electron chi connectivity index (χ1n) is 9.90. The molecular weight excluding hydrogens is 340 g/mol. The molecule has 7 nitrogen and oxygen atoms in total. The van der Waals surface area contributed by atoms with E-state index in [1.807, 2.05) is 31.6 Å². The van der Waals surface area contributed by atoms with E-state index in [1.54, 1.807) is 6.20 Å². The van der Waals surface area contributed by atoms with Crippen molar-refractivity contribution in [2.75, 3.05) is 18.4 Å². The molecule has 3 heterocycles. The highest BCUT2D eigenvalue weighted by molar-refractivity contribution is 5.79. The van der Waals surface area contributed by atoms with Crippen LogP contribution in [0.2, 0.25) is 0 Å². The minimum absolute atomic E-state index is 0.310. The maximum Gasteiger partial charge on any atom is 0.223 e. The van der Waals surface area contributed by atoms with Crippen LogP contribution in [0.25, 0.3) is 11.3 Å². The Labute approximate surface area is 160 Å². The van der Waals surface area contributed by atoms with Gasteiger partial charge in [-0.1, -0.05) is 12.8 Å². The molecule has 144 valence electrons. The predicted molar refractivity (Wildman–Crippen MR) is 104 cm³/mol. The smallest absolute Gasteiger partial charge is 0.223 e. The van der Waals surface area contributed by atoms with E-state index in [9.17, 15) is 4.79 Å². The van der Waals surface area contributed by atoms with Crippen LogP contribution < -0.4 is 5.32 Å². The van der Waals surface area contributed by atoms with E-state index >= 15 is 0 Å². The lowest BCUT2D eigenvalue weighted by molar-refractivity contribution is -0.129. The zero-order valence-electron chi connectivity index (χ0n) is 16.4. The molecule has 0 bridgehead atoms. The van der Waals surface area contributed by atoms with Gasteiger partial charge in [0.05, 0.1) is 11.4 Å². The number of amides is 1. The fourth-order valence-corrected chi connectivity index (χ4v) is 4.48. The molecule has 1 saturated heterocycles. The monoisotopic (exact) mass is 368 g/mol. The Bertz CT molecular complexity index is 839. The molecule has 1 amide bonds. The van der Waals surface area contributed by atoms with Crippen molar-refractivity contribution in [2.45, 2.75) is 52.0 Å². The van der Waals surface area contributed by atoms with Gasteiger partial charge in [0, 0.05) is 56.0 Å². The summed E-state index contributed by atoms with van der Waals surface area (Å²) in [6.45, 7) is 5.63. The third-order valence-electron chi connectivity index (χ3n) is 5.97. The molecule has 1 aliphatic carbocycles. The number of anilines is 1. The van der Waals surface area contributed by atoms with Crippen LogP contribution >= 0.6 is 0 Å². The highest BCUT2D eigenvalue weighted by Gasteiger charge is 2.35. The predicted octanol–water partition coefficient (Wildman–Crippen LogP) is 2.70. The van der Waals surface area contributed by atoms with Gasteiger partial charge in [0.15, 0.2) is 0 Å². The first-order valence-corrected chi connectivity index (χ1v) is 9.90. The molecule has 2 aliphatic rings. The number of hydrogen-bond donors (Lipinski definition) is 1. The number of aryl methyl sites for hydroxylation is 2. The average Bonchev–Trinajstić information content (AvgIpc) is 3.34. The fourth-order valence-electron chi connectivity index (χ4n) is 4.48. The summed E-state index contributed by atoms with van der Waals surface area (Å²) >= 11 is 0. The van der Waals surface area contributed by atoms with Gasteiger partial charge in [-0.2, -0.15) is 5.10 Å². The third-order valence-corrected chi connectivity index (χ3v) is 5.97. The maximum atomic E-state index is 12.4. The standard InChI is InChI=1S/C20H28N6O/c1-13-19(14(2)25(3)24-13)17-8-9-21-20(23-17)22-11-15-10-18(27)26(12-15)16-6-4-5-7-16/h8-9,15-16H,4-7,10-12H2,1-3H3,(H,21,22,23)/t15-/m0/s1. The molecule has 1 saturated carbocycles. The number of likely N-dealkylation sites (tertiary alicyclic amines) is 1. The molecule has 0 radical (unpaired) electrons. The van der Waals surface area contributed by atoms with E-state index < -0.39 is 0 Å². The topological polar surface area (TPSA) is 75.9 Å². The average molecular weight is 368 g/mol. The molecular formula is C20H28N6O. The summed E-state index contributed by atoms with van der Waals surface area (Å²) in [5, 5.41) is 7.82. The van der Waals surface area contributed by atoms with E-state index in [-0.39, 0.29) is 0 Å². The number of rotatable bonds is 5. The van der Waals surface area contributed by atoms with E-state index in [1.165, 1.54) is 25.7 Å². The molecule has 1 atom stereocenters. The van der Waals surface area contributed by atoms with Gasteiger partial charge < -0.3 is 10.2 Å². The quantitative estimate of drug-likeness (QED) is 0.878. The van der Waals surface area contributed by atoms with Gasteiger partial charge in [0.1, 0.15) is 0 Å². The molecule has 1 N–H and O–H groups in total. The van der Waals surface area contributed by atoms with E-state index in [4.69, 9.17) is 0 Å². The first-order chi connectivity index (χ1) is 13.0. The lowest BCUT2D eigenvalue weighted by Gasteiger charge is -2.24. The molecule has 4 rings (SSSR count). The van der Waals surface area contributed by atoms with Gasteiger partial charge in [0.2, 0.25) is 11.9 Å². The van der Waals surface area contributed by atoms with E-state index in [0.717, 1.165) is 35.7 Å².